The smallest absolute Gasteiger partial charge is 0.224 e. The maximum absolute atomic E-state index is 16.0. The minimum atomic E-state index is -0.507. The number of imidazole rings is 1. The van der Waals surface area contributed by atoms with E-state index in [4.69, 9.17) is 0 Å². The van der Waals surface area contributed by atoms with Crippen molar-refractivity contribution in [3.63, 3.8) is 0 Å². The first-order valence-corrected chi connectivity index (χ1v) is 12.7. The van der Waals surface area contributed by atoms with Crippen LogP contribution in [0, 0.1) is 16.9 Å². The highest BCUT2D eigenvalue weighted by molar-refractivity contribution is 7.14. The number of carbonyl (C=O) groups excluding carboxylic acids is 1. The topological polar surface area (TPSA) is 112 Å². The lowest BCUT2D eigenvalue weighted by molar-refractivity contribution is -0.116. The molecular weight excluding hydrogens is 508 g/mol. The second-order valence-corrected chi connectivity index (χ2v) is 10.3. The molecule has 3 N–H and O–H groups in total. The van der Waals surface area contributed by atoms with E-state index in [0.717, 1.165) is 21.8 Å². The van der Waals surface area contributed by atoms with Crippen LogP contribution in [-0.4, -0.2) is 36.0 Å². The van der Waals surface area contributed by atoms with Crippen LogP contribution in [0.15, 0.2) is 55.0 Å². The van der Waals surface area contributed by atoms with E-state index in [0.29, 0.717) is 45.7 Å². The van der Waals surface area contributed by atoms with Crippen molar-refractivity contribution < 1.29 is 13.6 Å². The van der Waals surface area contributed by atoms with Gasteiger partial charge in [0.25, 0.3) is 0 Å². The lowest BCUT2D eigenvalue weighted by Crippen LogP contribution is -2.14. The lowest BCUT2D eigenvalue weighted by Gasteiger charge is -2.09. The Balaban J connectivity index is 1.42. The van der Waals surface area contributed by atoms with Gasteiger partial charge in [-0.25, -0.2) is 14.4 Å². The average Bonchev–Trinajstić information content (AvgIpc) is 3.61. The summed E-state index contributed by atoms with van der Waals surface area (Å²) in [4.78, 5) is 29.2. The van der Waals surface area contributed by atoms with Gasteiger partial charge in [-0.05, 0) is 42.3 Å². The molecule has 6 aromatic rings. The number of pyridine rings is 2. The molecule has 0 spiro atoms. The first-order chi connectivity index (χ1) is 18.4. The number of anilines is 1. The quantitative estimate of drug-likeness (QED) is 0.226. The number of amides is 1. The Morgan fingerprint density at radius 1 is 1.11 bits per heavy atom. The van der Waals surface area contributed by atoms with Crippen LogP contribution >= 0.6 is 11.3 Å². The van der Waals surface area contributed by atoms with E-state index >= 15 is 4.39 Å². The van der Waals surface area contributed by atoms with Crippen LogP contribution in [0.4, 0.5) is 14.5 Å². The van der Waals surface area contributed by atoms with Gasteiger partial charge >= 0.3 is 0 Å². The van der Waals surface area contributed by atoms with Crippen LogP contribution in [0.25, 0.3) is 55.2 Å². The van der Waals surface area contributed by atoms with Gasteiger partial charge in [0.2, 0.25) is 5.91 Å². The fraction of sp³-hybridized carbons (Fsp3) is 0.148. The first kappa shape index (κ1) is 23.9. The lowest BCUT2D eigenvalue weighted by atomic mass is 10.0. The van der Waals surface area contributed by atoms with Crippen molar-refractivity contribution in [2.45, 2.75) is 20.3 Å². The maximum Gasteiger partial charge on any atom is 0.224 e. The molecule has 0 aliphatic rings. The van der Waals surface area contributed by atoms with E-state index in [9.17, 15) is 9.18 Å². The summed E-state index contributed by atoms with van der Waals surface area (Å²) in [6, 6.07) is 9.93. The van der Waals surface area contributed by atoms with E-state index in [1.165, 1.54) is 12.3 Å². The van der Waals surface area contributed by atoms with Gasteiger partial charge < -0.3 is 10.3 Å². The monoisotopic (exact) mass is 529 g/mol. The number of hydrogen-bond acceptors (Lipinski definition) is 6. The Hall–Kier alpha value is -4.51. The van der Waals surface area contributed by atoms with Crippen LogP contribution in [-0.2, 0) is 4.79 Å². The molecule has 5 aromatic heterocycles. The number of aromatic amines is 2. The van der Waals surface area contributed by atoms with Crippen molar-refractivity contribution in [2.24, 2.45) is 5.92 Å². The van der Waals surface area contributed by atoms with Gasteiger partial charge in [-0.15, -0.1) is 11.3 Å². The molecule has 0 atom stereocenters. The van der Waals surface area contributed by atoms with Crippen LogP contribution in [0.5, 0.6) is 0 Å². The Morgan fingerprint density at radius 2 is 1.97 bits per heavy atom. The number of H-pyrrole nitrogens is 2. The molecule has 0 aliphatic carbocycles. The van der Waals surface area contributed by atoms with Gasteiger partial charge in [-0.2, -0.15) is 9.49 Å². The van der Waals surface area contributed by atoms with Gasteiger partial charge in [-0.1, -0.05) is 13.8 Å². The molecule has 1 amide bonds. The van der Waals surface area contributed by atoms with Crippen molar-refractivity contribution in [3.05, 3.63) is 65.9 Å². The fourth-order valence-electron chi connectivity index (χ4n) is 4.39. The molecule has 0 radical (unpaired) electrons. The van der Waals surface area contributed by atoms with Crippen molar-refractivity contribution in [2.75, 3.05) is 5.32 Å². The molecule has 0 fully saturated rings. The highest BCUT2D eigenvalue weighted by atomic mass is 32.1. The number of nitrogens with one attached hydrogen (secondary N) is 3. The van der Waals surface area contributed by atoms with E-state index in [2.05, 4.69) is 35.5 Å². The van der Waals surface area contributed by atoms with Crippen molar-refractivity contribution >= 4 is 45.0 Å². The Kier molecular flexibility index (Phi) is 5.91. The van der Waals surface area contributed by atoms with Crippen LogP contribution in [0.2, 0.25) is 0 Å². The normalized spacial score (nSPS) is 11.6. The molecule has 11 heteroatoms. The van der Waals surface area contributed by atoms with Crippen molar-refractivity contribution in [1.82, 2.24) is 30.1 Å². The minimum absolute atomic E-state index is 0.129. The molecule has 0 saturated carbocycles. The molecular formula is C27H21F2N7OS. The maximum atomic E-state index is 16.0. The van der Waals surface area contributed by atoms with Gasteiger partial charge in [0, 0.05) is 40.4 Å². The highest BCUT2D eigenvalue weighted by Crippen LogP contribution is 2.36. The zero-order chi connectivity index (χ0) is 26.4. The molecule has 190 valence electrons. The summed E-state index contributed by atoms with van der Waals surface area (Å²) in [6.07, 6.45) is 5.04. The number of benzene rings is 1. The number of halogens is 2. The average molecular weight is 530 g/mol. The van der Waals surface area contributed by atoms with Gasteiger partial charge in [0.1, 0.15) is 11.5 Å². The molecule has 0 unspecified atom stereocenters. The second-order valence-electron chi connectivity index (χ2n) is 9.28. The summed E-state index contributed by atoms with van der Waals surface area (Å²) in [7, 11) is 0. The number of fused-ring (bicyclic) bond motifs is 2. The third kappa shape index (κ3) is 4.30. The third-order valence-corrected chi connectivity index (χ3v) is 6.96. The molecule has 38 heavy (non-hydrogen) atoms. The molecule has 0 saturated heterocycles. The van der Waals surface area contributed by atoms with Gasteiger partial charge in [0.15, 0.2) is 16.6 Å². The Bertz CT molecular complexity index is 1820. The fourth-order valence-corrected chi connectivity index (χ4v) is 5.16. The van der Waals surface area contributed by atoms with Gasteiger partial charge in [0.05, 0.1) is 28.3 Å². The van der Waals surface area contributed by atoms with E-state index in [1.54, 1.807) is 42.7 Å². The summed E-state index contributed by atoms with van der Waals surface area (Å²) >= 11 is 1.02. The number of rotatable bonds is 6. The standard InChI is InChI=1S/C27H21F2N7OS/c1-13(2)9-21(37)32-15-10-14(11-30-12-15)16-3-4-18-22(23(16)29)25(36-35-18)27-33-24-17(7-8-31-26(24)34-27)19-5-6-20(28)38-19/h3-8,10-13H,9H2,1-2H3,(H,32,37)(H,35,36)(H,31,33,34). The Labute approximate surface area is 219 Å². The largest absolute Gasteiger partial charge is 0.335 e. The number of hydrogen-bond donors (Lipinski definition) is 3. The van der Waals surface area contributed by atoms with Crippen molar-refractivity contribution in [1.29, 1.82) is 0 Å². The van der Waals surface area contributed by atoms with E-state index < -0.39 is 5.82 Å². The van der Waals surface area contributed by atoms with Crippen LogP contribution < -0.4 is 5.32 Å². The number of thiophene rings is 1. The number of carbonyl (C=O) groups is 1. The summed E-state index contributed by atoms with van der Waals surface area (Å²) in [6.45, 7) is 3.92. The second kappa shape index (κ2) is 9.42. The zero-order valence-electron chi connectivity index (χ0n) is 20.3. The Morgan fingerprint density at radius 3 is 2.76 bits per heavy atom. The van der Waals surface area contributed by atoms with Crippen LogP contribution in [0.3, 0.4) is 0 Å². The zero-order valence-corrected chi connectivity index (χ0v) is 21.2. The molecule has 0 bridgehead atoms. The summed E-state index contributed by atoms with van der Waals surface area (Å²) < 4.78 is 29.7. The SMILES string of the molecule is CC(C)CC(=O)Nc1cncc(-c2ccc3[nH]nc(-c4nc5nccc(-c6ccc(F)s6)c5[nH]4)c3c2F)c1. The minimum Gasteiger partial charge on any atom is -0.335 e. The van der Waals surface area contributed by atoms with Gasteiger partial charge in [-0.3, -0.25) is 14.9 Å². The highest BCUT2D eigenvalue weighted by Gasteiger charge is 2.21. The predicted molar refractivity (Wildman–Crippen MR) is 144 cm³/mol. The summed E-state index contributed by atoms with van der Waals surface area (Å²) in [5, 5.41) is 9.97. The molecule has 1 aromatic carbocycles. The third-order valence-electron chi connectivity index (χ3n) is 6.05. The van der Waals surface area contributed by atoms with Crippen molar-refractivity contribution in [3.8, 4) is 33.1 Å². The number of aromatic nitrogens is 6. The molecule has 5 heterocycles. The molecule has 6 rings (SSSR count). The molecule has 8 nitrogen and oxygen atoms in total. The summed E-state index contributed by atoms with van der Waals surface area (Å²) in [5.41, 5.74) is 3.83. The van der Waals surface area contributed by atoms with Crippen LogP contribution in [0.1, 0.15) is 20.3 Å². The molecule has 0 aliphatic heterocycles. The number of nitrogens with zero attached hydrogens (tertiary/aromatic N) is 4. The van der Waals surface area contributed by atoms with E-state index in [1.807, 2.05) is 13.8 Å². The first-order valence-electron chi connectivity index (χ1n) is 11.9. The predicted octanol–water partition coefficient (Wildman–Crippen LogP) is 6.55. The summed E-state index contributed by atoms with van der Waals surface area (Å²) in [5.74, 6) is -0.101. The van der Waals surface area contributed by atoms with E-state index in [-0.39, 0.29) is 28.0 Å².